The molecule has 0 radical (unpaired) electrons. The molecule has 23 heavy (non-hydrogen) atoms. The molecule has 0 aliphatic heterocycles. The minimum Gasteiger partial charge on any atom is -0.496 e. The molecule has 0 aliphatic carbocycles. The second kappa shape index (κ2) is 7.19. The van der Waals surface area contributed by atoms with Crippen molar-refractivity contribution in [2.75, 3.05) is 13.7 Å². The maximum atomic E-state index is 12.3. The van der Waals surface area contributed by atoms with Gasteiger partial charge in [-0.05, 0) is 26.8 Å². The zero-order valence-corrected chi connectivity index (χ0v) is 13.9. The number of nitrogens with zero attached hydrogens (tertiary/aromatic N) is 2. The zero-order chi connectivity index (χ0) is 17.0. The minimum absolute atomic E-state index is 0.275. The number of benzene rings is 1. The van der Waals surface area contributed by atoms with Crippen LogP contribution < -0.4 is 15.8 Å². The predicted octanol–water partition coefficient (Wildman–Crippen LogP) is 1.84. The highest BCUT2D eigenvalue weighted by Crippen LogP contribution is 2.22. The van der Waals surface area contributed by atoms with Crippen LogP contribution in [-0.2, 0) is 0 Å². The normalized spacial score (nSPS) is 11.9. The van der Waals surface area contributed by atoms with Crippen LogP contribution in [0.15, 0.2) is 24.3 Å². The van der Waals surface area contributed by atoms with Gasteiger partial charge >= 0.3 is 0 Å². The molecule has 6 heteroatoms. The van der Waals surface area contributed by atoms with Crippen LogP contribution in [0.5, 0.6) is 5.75 Å². The molecule has 1 unspecified atom stereocenters. The summed E-state index contributed by atoms with van der Waals surface area (Å²) in [7, 11) is 1.60. The van der Waals surface area contributed by atoms with Gasteiger partial charge in [0.25, 0.3) is 5.91 Å². The Bertz CT molecular complexity index is 716. The van der Waals surface area contributed by atoms with E-state index in [1.54, 1.807) is 14.0 Å². The van der Waals surface area contributed by atoms with E-state index < -0.39 is 0 Å². The molecule has 2 rings (SSSR count). The van der Waals surface area contributed by atoms with Gasteiger partial charge in [-0.2, -0.15) is 0 Å². The number of rotatable bonds is 5. The number of carbonyl (C=O) groups is 1. The topological polar surface area (TPSA) is 90.1 Å². The van der Waals surface area contributed by atoms with E-state index >= 15 is 0 Å². The standard InChI is InChI=1S/C17H22N4O2/c1-10-11(2)21-16(12(3)20-10)17(22)19-9-14(18)13-7-5-6-8-15(13)23-4/h5-8,14H,9,18H2,1-4H3,(H,19,22). The van der Waals surface area contributed by atoms with Gasteiger partial charge in [0.1, 0.15) is 11.4 Å². The number of hydrogen-bond donors (Lipinski definition) is 2. The Morgan fingerprint density at radius 1 is 1.17 bits per heavy atom. The van der Waals surface area contributed by atoms with E-state index in [1.165, 1.54) is 0 Å². The number of carbonyl (C=O) groups excluding carboxylic acids is 1. The molecule has 1 aromatic heterocycles. The summed E-state index contributed by atoms with van der Waals surface area (Å²) in [6, 6.07) is 7.13. The van der Waals surface area contributed by atoms with E-state index in [2.05, 4.69) is 15.3 Å². The fraction of sp³-hybridized carbons (Fsp3) is 0.353. The minimum atomic E-state index is -0.366. The number of amides is 1. The van der Waals surface area contributed by atoms with Crippen LogP contribution in [0.2, 0.25) is 0 Å². The van der Waals surface area contributed by atoms with Gasteiger partial charge in [0.2, 0.25) is 0 Å². The van der Waals surface area contributed by atoms with Crippen LogP contribution in [0.3, 0.4) is 0 Å². The van der Waals surface area contributed by atoms with Gasteiger partial charge < -0.3 is 15.8 Å². The highest BCUT2D eigenvalue weighted by Gasteiger charge is 2.16. The number of aromatic nitrogens is 2. The Kier molecular flexibility index (Phi) is 5.28. The molecule has 3 N–H and O–H groups in total. The van der Waals surface area contributed by atoms with E-state index in [4.69, 9.17) is 10.5 Å². The largest absolute Gasteiger partial charge is 0.496 e. The van der Waals surface area contributed by atoms with Crippen LogP contribution >= 0.6 is 0 Å². The fourth-order valence-electron chi connectivity index (χ4n) is 2.30. The van der Waals surface area contributed by atoms with E-state index in [0.29, 0.717) is 17.1 Å². The van der Waals surface area contributed by atoms with Crippen molar-refractivity contribution in [3.8, 4) is 5.75 Å². The Morgan fingerprint density at radius 2 is 1.83 bits per heavy atom. The number of hydrogen-bond acceptors (Lipinski definition) is 5. The summed E-state index contributed by atoms with van der Waals surface area (Å²) in [5.74, 6) is 0.430. The van der Waals surface area contributed by atoms with Crippen molar-refractivity contribution < 1.29 is 9.53 Å². The van der Waals surface area contributed by atoms with Gasteiger partial charge in [0.05, 0.1) is 30.2 Å². The summed E-state index contributed by atoms with van der Waals surface area (Å²) in [4.78, 5) is 21.0. The smallest absolute Gasteiger partial charge is 0.271 e. The summed E-state index contributed by atoms with van der Waals surface area (Å²) in [6.07, 6.45) is 0. The van der Waals surface area contributed by atoms with Gasteiger partial charge in [-0.25, -0.2) is 4.98 Å². The summed E-state index contributed by atoms with van der Waals surface area (Å²) < 4.78 is 5.29. The molecule has 2 aromatic rings. The quantitative estimate of drug-likeness (QED) is 0.879. The third-order valence-corrected chi connectivity index (χ3v) is 3.72. The number of aryl methyl sites for hydroxylation is 3. The number of methoxy groups -OCH3 is 1. The number of ether oxygens (including phenoxy) is 1. The van der Waals surface area contributed by atoms with Crippen molar-refractivity contribution in [3.05, 3.63) is 52.6 Å². The van der Waals surface area contributed by atoms with Gasteiger partial charge in [-0.3, -0.25) is 9.78 Å². The molecule has 0 saturated heterocycles. The lowest BCUT2D eigenvalue weighted by Gasteiger charge is -2.16. The van der Waals surface area contributed by atoms with Crippen LogP contribution in [0, 0.1) is 20.8 Å². The van der Waals surface area contributed by atoms with Crippen molar-refractivity contribution >= 4 is 5.91 Å². The van der Waals surface area contributed by atoms with E-state index in [9.17, 15) is 4.79 Å². The Balaban J connectivity index is 2.08. The second-order valence-electron chi connectivity index (χ2n) is 5.39. The van der Waals surface area contributed by atoms with Crippen molar-refractivity contribution in [2.45, 2.75) is 26.8 Å². The Hall–Kier alpha value is -2.47. The molecule has 122 valence electrons. The maximum absolute atomic E-state index is 12.3. The molecule has 0 fully saturated rings. The molecular formula is C17H22N4O2. The fourth-order valence-corrected chi connectivity index (χ4v) is 2.30. The molecule has 0 saturated carbocycles. The first kappa shape index (κ1) is 16.9. The lowest BCUT2D eigenvalue weighted by atomic mass is 10.1. The predicted molar refractivity (Wildman–Crippen MR) is 88.5 cm³/mol. The number of nitrogens with one attached hydrogen (secondary N) is 1. The van der Waals surface area contributed by atoms with Crippen molar-refractivity contribution in [1.29, 1.82) is 0 Å². The second-order valence-corrected chi connectivity index (χ2v) is 5.39. The molecule has 1 amide bonds. The average Bonchev–Trinajstić information content (AvgIpc) is 2.55. The Labute approximate surface area is 136 Å². The van der Waals surface area contributed by atoms with E-state index in [-0.39, 0.29) is 18.5 Å². The number of para-hydroxylation sites is 1. The molecule has 1 aromatic carbocycles. The molecule has 0 spiro atoms. The molecule has 0 aliphatic rings. The summed E-state index contributed by atoms with van der Waals surface area (Å²) in [5, 5.41) is 2.81. The van der Waals surface area contributed by atoms with Gasteiger partial charge in [-0.1, -0.05) is 18.2 Å². The highest BCUT2D eigenvalue weighted by molar-refractivity contribution is 5.93. The molecular weight excluding hydrogens is 292 g/mol. The van der Waals surface area contributed by atoms with E-state index in [1.807, 2.05) is 38.1 Å². The molecule has 1 heterocycles. The van der Waals surface area contributed by atoms with Crippen molar-refractivity contribution in [1.82, 2.24) is 15.3 Å². The van der Waals surface area contributed by atoms with Crippen LogP contribution in [0.4, 0.5) is 0 Å². The van der Waals surface area contributed by atoms with Crippen LogP contribution in [0.1, 0.15) is 39.2 Å². The molecule has 1 atom stereocenters. The van der Waals surface area contributed by atoms with Gasteiger partial charge in [0.15, 0.2) is 0 Å². The first-order valence-electron chi connectivity index (χ1n) is 7.42. The third kappa shape index (κ3) is 3.84. The SMILES string of the molecule is COc1ccccc1C(N)CNC(=O)c1nc(C)c(C)nc1C. The summed E-state index contributed by atoms with van der Waals surface area (Å²) in [5.41, 5.74) is 9.52. The van der Waals surface area contributed by atoms with Crippen molar-refractivity contribution in [2.24, 2.45) is 5.73 Å². The molecule has 0 bridgehead atoms. The average molecular weight is 314 g/mol. The van der Waals surface area contributed by atoms with Crippen LogP contribution in [0.25, 0.3) is 0 Å². The van der Waals surface area contributed by atoms with E-state index in [0.717, 1.165) is 17.0 Å². The van der Waals surface area contributed by atoms with Gasteiger partial charge in [0, 0.05) is 12.1 Å². The monoisotopic (exact) mass is 314 g/mol. The van der Waals surface area contributed by atoms with Gasteiger partial charge in [-0.15, -0.1) is 0 Å². The molecule has 6 nitrogen and oxygen atoms in total. The zero-order valence-electron chi connectivity index (χ0n) is 13.9. The summed E-state index contributed by atoms with van der Waals surface area (Å²) in [6.45, 7) is 5.76. The first-order chi connectivity index (χ1) is 10.9. The first-order valence-corrected chi connectivity index (χ1v) is 7.42. The third-order valence-electron chi connectivity index (χ3n) is 3.72. The number of nitrogens with two attached hydrogens (primary N) is 1. The lowest BCUT2D eigenvalue weighted by Crippen LogP contribution is -2.33. The van der Waals surface area contributed by atoms with Crippen LogP contribution in [-0.4, -0.2) is 29.5 Å². The maximum Gasteiger partial charge on any atom is 0.271 e. The lowest BCUT2D eigenvalue weighted by molar-refractivity contribution is 0.0944. The summed E-state index contributed by atoms with van der Waals surface area (Å²) >= 11 is 0. The van der Waals surface area contributed by atoms with Crippen molar-refractivity contribution in [3.63, 3.8) is 0 Å². The highest BCUT2D eigenvalue weighted by atomic mass is 16.5. The Morgan fingerprint density at radius 3 is 2.52 bits per heavy atom.